The lowest BCUT2D eigenvalue weighted by Crippen LogP contribution is -2.25. The fraction of sp³-hybridized carbons (Fsp3) is 0.368. The zero-order valence-corrected chi connectivity index (χ0v) is 14.6. The van der Waals surface area contributed by atoms with Crippen molar-refractivity contribution in [2.75, 3.05) is 6.61 Å². The highest BCUT2D eigenvalue weighted by molar-refractivity contribution is 5.98. The summed E-state index contributed by atoms with van der Waals surface area (Å²) in [5, 5.41) is 0. The van der Waals surface area contributed by atoms with Crippen LogP contribution in [-0.4, -0.2) is 21.9 Å². The van der Waals surface area contributed by atoms with Crippen LogP contribution in [0.2, 0.25) is 0 Å². The first-order chi connectivity index (χ1) is 12.1. The Morgan fingerprint density at radius 1 is 1.32 bits per heavy atom. The SMILES string of the molecule is CC(C)Cc1nc(C(=O)NOCCCc2ccco2)c2ccccn12. The highest BCUT2D eigenvalue weighted by Crippen LogP contribution is 2.16. The summed E-state index contributed by atoms with van der Waals surface area (Å²) < 4.78 is 7.22. The lowest BCUT2D eigenvalue weighted by molar-refractivity contribution is 0.0299. The van der Waals surface area contributed by atoms with Crippen molar-refractivity contribution < 1.29 is 14.0 Å². The van der Waals surface area contributed by atoms with Gasteiger partial charge in [0, 0.05) is 19.0 Å². The molecule has 25 heavy (non-hydrogen) atoms. The molecule has 0 atom stereocenters. The summed E-state index contributed by atoms with van der Waals surface area (Å²) >= 11 is 0. The van der Waals surface area contributed by atoms with Crippen LogP contribution in [0.3, 0.4) is 0 Å². The molecule has 6 nitrogen and oxygen atoms in total. The lowest BCUT2D eigenvalue weighted by atomic mass is 10.1. The maximum atomic E-state index is 12.4. The van der Waals surface area contributed by atoms with Crippen molar-refractivity contribution in [1.29, 1.82) is 0 Å². The van der Waals surface area contributed by atoms with E-state index in [2.05, 4.69) is 24.3 Å². The molecule has 0 spiro atoms. The number of nitrogens with one attached hydrogen (secondary N) is 1. The number of imidazole rings is 1. The van der Waals surface area contributed by atoms with Crippen LogP contribution in [0.15, 0.2) is 47.2 Å². The molecule has 0 aromatic carbocycles. The van der Waals surface area contributed by atoms with E-state index in [4.69, 9.17) is 9.25 Å². The maximum Gasteiger partial charge on any atom is 0.295 e. The first-order valence-electron chi connectivity index (χ1n) is 8.55. The monoisotopic (exact) mass is 341 g/mol. The molecule has 0 unspecified atom stereocenters. The molecule has 3 heterocycles. The Morgan fingerprint density at radius 3 is 2.96 bits per heavy atom. The van der Waals surface area contributed by atoms with Crippen molar-refractivity contribution in [3.8, 4) is 0 Å². The molecule has 0 radical (unpaired) electrons. The fourth-order valence-electron chi connectivity index (χ4n) is 2.72. The molecular weight excluding hydrogens is 318 g/mol. The van der Waals surface area contributed by atoms with Gasteiger partial charge in [-0.3, -0.25) is 9.63 Å². The zero-order valence-electron chi connectivity index (χ0n) is 14.6. The molecule has 3 rings (SSSR count). The number of nitrogens with zero attached hydrogens (tertiary/aromatic N) is 2. The number of hydrogen-bond donors (Lipinski definition) is 1. The molecule has 6 heteroatoms. The summed E-state index contributed by atoms with van der Waals surface area (Å²) in [5.41, 5.74) is 3.67. The standard InChI is InChI=1S/C19H23N3O3/c1-14(2)13-17-20-18(16-9-3-4-10-22(16)17)19(23)21-25-12-6-8-15-7-5-11-24-15/h3-5,7,9-11,14H,6,8,12-13H2,1-2H3,(H,21,23). The van der Waals surface area contributed by atoms with Crippen LogP contribution < -0.4 is 5.48 Å². The van der Waals surface area contributed by atoms with E-state index in [1.807, 2.05) is 40.9 Å². The number of fused-ring (bicyclic) bond motifs is 1. The van der Waals surface area contributed by atoms with Gasteiger partial charge in [0.2, 0.25) is 0 Å². The summed E-state index contributed by atoms with van der Waals surface area (Å²) in [4.78, 5) is 22.2. The van der Waals surface area contributed by atoms with E-state index in [1.165, 1.54) is 0 Å². The van der Waals surface area contributed by atoms with E-state index in [-0.39, 0.29) is 5.91 Å². The van der Waals surface area contributed by atoms with Gasteiger partial charge in [-0.15, -0.1) is 0 Å². The molecule has 3 aromatic heterocycles. The Morgan fingerprint density at radius 2 is 2.20 bits per heavy atom. The summed E-state index contributed by atoms with van der Waals surface area (Å²) in [7, 11) is 0. The van der Waals surface area contributed by atoms with Crippen LogP contribution in [0.5, 0.6) is 0 Å². The molecule has 132 valence electrons. The van der Waals surface area contributed by atoms with Gasteiger partial charge in [0.1, 0.15) is 11.6 Å². The second-order valence-corrected chi connectivity index (χ2v) is 6.39. The molecule has 1 N–H and O–H groups in total. The Labute approximate surface area is 146 Å². The van der Waals surface area contributed by atoms with Gasteiger partial charge in [0.15, 0.2) is 5.69 Å². The number of aryl methyl sites for hydroxylation is 1. The van der Waals surface area contributed by atoms with Crippen molar-refractivity contribution in [2.45, 2.75) is 33.1 Å². The van der Waals surface area contributed by atoms with Gasteiger partial charge in [-0.25, -0.2) is 10.5 Å². The minimum atomic E-state index is -0.322. The van der Waals surface area contributed by atoms with Crippen molar-refractivity contribution in [3.63, 3.8) is 0 Å². The Kier molecular flexibility index (Phi) is 5.50. The molecule has 0 aliphatic heterocycles. The smallest absolute Gasteiger partial charge is 0.295 e. The fourth-order valence-corrected chi connectivity index (χ4v) is 2.72. The van der Waals surface area contributed by atoms with Gasteiger partial charge < -0.3 is 8.82 Å². The largest absolute Gasteiger partial charge is 0.469 e. The molecule has 0 bridgehead atoms. The summed E-state index contributed by atoms with van der Waals surface area (Å²) in [6, 6.07) is 9.51. The first-order valence-corrected chi connectivity index (χ1v) is 8.55. The summed E-state index contributed by atoms with van der Waals surface area (Å²) in [5.74, 6) is 1.93. The first kappa shape index (κ1) is 17.2. The average Bonchev–Trinajstić information content (AvgIpc) is 3.22. The highest BCUT2D eigenvalue weighted by atomic mass is 16.6. The van der Waals surface area contributed by atoms with Gasteiger partial charge in [0.25, 0.3) is 5.91 Å². The molecule has 0 saturated carbocycles. The lowest BCUT2D eigenvalue weighted by Gasteiger charge is -2.04. The zero-order chi connectivity index (χ0) is 17.6. The predicted octanol–water partition coefficient (Wildman–Crippen LogP) is 3.42. The van der Waals surface area contributed by atoms with E-state index in [9.17, 15) is 4.79 Å². The molecule has 0 aliphatic carbocycles. The van der Waals surface area contributed by atoms with Crippen molar-refractivity contribution in [2.24, 2.45) is 5.92 Å². The third-order valence-electron chi connectivity index (χ3n) is 3.84. The van der Waals surface area contributed by atoms with E-state index < -0.39 is 0 Å². The van der Waals surface area contributed by atoms with Crippen LogP contribution in [0.25, 0.3) is 5.52 Å². The van der Waals surface area contributed by atoms with Crippen LogP contribution in [0.1, 0.15) is 42.3 Å². The Bertz CT molecular complexity index is 822. The molecule has 1 amide bonds. The van der Waals surface area contributed by atoms with Crippen LogP contribution >= 0.6 is 0 Å². The van der Waals surface area contributed by atoms with E-state index >= 15 is 0 Å². The summed E-state index contributed by atoms with van der Waals surface area (Å²) in [6.45, 7) is 4.68. The number of rotatable bonds is 8. The number of hydrogen-bond acceptors (Lipinski definition) is 4. The predicted molar refractivity (Wildman–Crippen MR) is 94.2 cm³/mol. The van der Waals surface area contributed by atoms with E-state index in [1.54, 1.807) is 6.26 Å². The summed E-state index contributed by atoms with van der Waals surface area (Å²) in [6.07, 6.45) is 5.92. The number of aromatic nitrogens is 2. The second kappa shape index (κ2) is 7.98. The molecular formula is C19H23N3O3. The highest BCUT2D eigenvalue weighted by Gasteiger charge is 2.17. The molecule has 3 aromatic rings. The van der Waals surface area contributed by atoms with Crippen molar-refractivity contribution in [1.82, 2.24) is 14.9 Å². The van der Waals surface area contributed by atoms with E-state index in [0.29, 0.717) is 18.2 Å². The average molecular weight is 341 g/mol. The van der Waals surface area contributed by atoms with Gasteiger partial charge in [-0.2, -0.15) is 0 Å². The van der Waals surface area contributed by atoms with Crippen molar-refractivity contribution >= 4 is 11.4 Å². The molecule has 0 saturated heterocycles. The number of furan rings is 1. The van der Waals surface area contributed by atoms with Gasteiger partial charge in [0.05, 0.1) is 18.4 Å². The van der Waals surface area contributed by atoms with Crippen molar-refractivity contribution in [3.05, 3.63) is 60.1 Å². The number of hydroxylamine groups is 1. The second-order valence-electron chi connectivity index (χ2n) is 6.39. The minimum absolute atomic E-state index is 0.322. The van der Waals surface area contributed by atoms with Crippen LogP contribution in [0.4, 0.5) is 0 Å². The van der Waals surface area contributed by atoms with Gasteiger partial charge in [-0.05, 0) is 36.6 Å². The number of carbonyl (C=O) groups is 1. The van der Waals surface area contributed by atoms with Crippen LogP contribution in [-0.2, 0) is 17.7 Å². The molecule has 0 aliphatic rings. The van der Waals surface area contributed by atoms with Crippen LogP contribution in [0, 0.1) is 5.92 Å². The number of amides is 1. The number of carbonyl (C=O) groups excluding carboxylic acids is 1. The molecule has 0 fully saturated rings. The number of pyridine rings is 1. The third-order valence-corrected chi connectivity index (χ3v) is 3.84. The van der Waals surface area contributed by atoms with Gasteiger partial charge in [-0.1, -0.05) is 19.9 Å². The maximum absolute atomic E-state index is 12.4. The van der Waals surface area contributed by atoms with E-state index in [0.717, 1.165) is 36.4 Å². The quantitative estimate of drug-likeness (QED) is 0.503. The Hall–Kier alpha value is -2.60. The normalized spacial score (nSPS) is 11.3. The topological polar surface area (TPSA) is 68.8 Å². The minimum Gasteiger partial charge on any atom is -0.469 e. The van der Waals surface area contributed by atoms with Gasteiger partial charge >= 0.3 is 0 Å². The third kappa shape index (κ3) is 4.28. The Balaban J connectivity index is 1.59.